The number of halogens is 4. The van der Waals surface area contributed by atoms with Crippen LogP contribution in [0.4, 0.5) is 23.2 Å². The van der Waals surface area contributed by atoms with Crippen molar-refractivity contribution in [3.05, 3.63) is 29.6 Å². The van der Waals surface area contributed by atoms with E-state index >= 15 is 0 Å². The first-order chi connectivity index (χ1) is 8.45. The van der Waals surface area contributed by atoms with Gasteiger partial charge in [0.25, 0.3) is 0 Å². The van der Waals surface area contributed by atoms with E-state index in [9.17, 15) is 17.6 Å². The van der Waals surface area contributed by atoms with Gasteiger partial charge >= 0.3 is 6.18 Å². The first kappa shape index (κ1) is 11.8. The lowest BCUT2D eigenvalue weighted by molar-refractivity contribution is -0.137. The molecule has 0 unspecified atom stereocenters. The summed E-state index contributed by atoms with van der Waals surface area (Å²) in [7, 11) is 0. The van der Waals surface area contributed by atoms with Crippen molar-refractivity contribution in [2.45, 2.75) is 24.7 Å². The number of benzene rings is 1. The predicted octanol–water partition coefficient (Wildman–Crippen LogP) is 2.40. The van der Waals surface area contributed by atoms with Crippen molar-refractivity contribution in [2.75, 3.05) is 18.0 Å². The number of rotatable bonds is 1. The molecule has 0 aromatic heterocycles. The Morgan fingerprint density at radius 1 is 1.28 bits per heavy atom. The summed E-state index contributed by atoms with van der Waals surface area (Å²) in [4.78, 5) is 1.86. The van der Waals surface area contributed by atoms with Gasteiger partial charge in [0.2, 0.25) is 0 Å². The van der Waals surface area contributed by atoms with Crippen LogP contribution < -0.4 is 10.2 Å². The number of anilines is 1. The van der Waals surface area contributed by atoms with Gasteiger partial charge in [0.05, 0.1) is 11.3 Å². The molecule has 2 nitrogen and oxygen atoms in total. The lowest BCUT2D eigenvalue weighted by atomic mass is 10.1. The van der Waals surface area contributed by atoms with Crippen LogP contribution in [0.1, 0.15) is 12.0 Å². The molecule has 2 bridgehead atoms. The zero-order valence-corrected chi connectivity index (χ0v) is 9.47. The predicted molar refractivity (Wildman–Crippen MR) is 58.9 cm³/mol. The molecule has 0 spiro atoms. The molecule has 18 heavy (non-hydrogen) atoms. The van der Waals surface area contributed by atoms with Crippen molar-refractivity contribution in [3.63, 3.8) is 0 Å². The highest BCUT2D eigenvalue weighted by atomic mass is 19.4. The van der Waals surface area contributed by atoms with E-state index in [1.807, 2.05) is 4.90 Å². The second-order valence-corrected chi connectivity index (χ2v) is 4.81. The van der Waals surface area contributed by atoms with Gasteiger partial charge in [0.15, 0.2) is 0 Å². The van der Waals surface area contributed by atoms with Crippen molar-refractivity contribution >= 4 is 5.69 Å². The summed E-state index contributed by atoms with van der Waals surface area (Å²) in [6, 6.07) is 3.28. The normalized spacial score (nSPS) is 27.0. The van der Waals surface area contributed by atoms with Crippen LogP contribution in [0.2, 0.25) is 0 Å². The van der Waals surface area contributed by atoms with Crippen LogP contribution in [0.3, 0.4) is 0 Å². The van der Waals surface area contributed by atoms with Crippen LogP contribution in [0.5, 0.6) is 0 Å². The van der Waals surface area contributed by atoms with Crippen LogP contribution in [0.15, 0.2) is 18.2 Å². The lowest BCUT2D eigenvalue weighted by Gasteiger charge is -2.30. The van der Waals surface area contributed by atoms with E-state index in [2.05, 4.69) is 5.32 Å². The summed E-state index contributed by atoms with van der Waals surface area (Å²) >= 11 is 0. The van der Waals surface area contributed by atoms with Gasteiger partial charge in [0.1, 0.15) is 5.82 Å². The topological polar surface area (TPSA) is 15.3 Å². The number of fused-ring (bicyclic) bond motifs is 2. The molecular formula is C12H12F4N2. The summed E-state index contributed by atoms with van der Waals surface area (Å²) in [5.74, 6) is -0.794. The highest BCUT2D eigenvalue weighted by Gasteiger charge is 2.39. The largest absolute Gasteiger partial charge is 0.416 e. The molecule has 0 aliphatic carbocycles. The zero-order chi connectivity index (χ0) is 12.9. The molecule has 2 heterocycles. The number of alkyl halides is 3. The maximum absolute atomic E-state index is 13.8. The molecule has 98 valence electrons. The first-order valence-corrected chi connectivity index (χ1v) is 5.82. The van der Waals surface area contributed by atoms with E-state index in [1.54, 1.807) is 0 Å². The van der Waals surface area contributed by atoms with E-state index in [4.69, 9.17) is 0 Å². The maximum Gasteiger partial charge on any atom is 0.416 e. The molecule has 2 saturated heterocycles. The molecule has 0 radical (unpaired) electrons. The van der Waals surface area contributed by atoms with Gasteiger partial charge in [-0.2, -0.15) is 13.2 Å². The molecular weight excluding hydrogens is 248 g/mol. The molecule has 0 amide bonds. The molecule has 1 N–H and O–H groups in total. The average molecular weight is 260 g/mol. The van der Waals surface area contributed by atoms with Crippen molar-refractivity contribution < 1.29 is 17.6 Å². The smallest absolute Gasteiger partial charge is 0.363 e. The zero-order valence-electron chi connectivity index (χ0n) is 9.47. The minimum Gasteiger partial charge on any atom is -0.363 e. The third-order valence-electron chi connectivity index (χ3n) is 3.64. The Hall–Kier alpha value is -1.30. The Balaban J connectivity index is 1.90. The van der Waals surface area contributed by atoms with Crippen LogP contribution in [0.25, 0.3) is 0 Å². The summed E-state index contributed by atoms with van der Waals surface area (Å²) in [5.41, 5.74) is -0.664. The van der Waals surface area contributed by atoms with Crippen molar-refractivity contribution in [1.29, 1.82) is 0 Å². The number of piperazine rings is 1. The third kappa shape index (κ3) is 1.84. The van der Waals surface area contributed by atoms with E-state index in [0.29, 0.717) is 18.7 Å². The van der Waals surface area contributed by atoms with Gasteiger partial charge in [-0.25, -0.2) is 4.39 Å². The van der Waals surface area contributed by atoms with Gasteiger partial charge in [-0.05, 0) is 24.6 Å². The van der Waals surface area contributed by atoms with E-state index < -0.39 is 17.6 Å². The van der Waals surface area contributed by atoms with E-state index in [-0.39, 0.29) is 11.7 Å². The standard InChI is InChI=1S/C12H12F4N2/c13-10-3-7(12(14,15)16)1-2-11(10)18-6-8-4-9(18)5-17-8/h1-3,8-9,17H,4-6H2/t8-,9-/m0/s1. The van der Waals surface area contributed by atoms with Crippen LogP contribution in [-0.2, 0) is 6.18 Å². The summed E-state index contributed by atoms with van der Waals surface area (Å²) < 4.78 is 51.1. The highest BCUT2D eigenvalue weighted by Crippen LogP contribution is 2.35. The Labute approximate surface area is 102 Å². The third-order valence-corrected chi connectivity index (χ3v) is 3.64. The maximum atomic E-state index is 13.8. The molecule has 1 aromatic rings. The van der Waals surface area contributed by atoms with Gasteiger partial charge in [0, 0.05) is 25.2 Å². The van der Waals surface area contributed by atoms with E-state index in [0.717, 1.165) is 19.0 Å². The molecule has 2 aliphatic rings. The monoisotopic (exact) mass is 260 g/mol. The minimum atomic E-state index is -4.50. The number of nitrogens with one attached hydrogen (secondary N) is 1. The fourth-order valence-electron chi connectivity index (χ4n) is 2.77. The van der Waals surface area contributed by atoms with Crippen molar-refractivity contribution in [2.24, 2.45) is 0 Å². The second-order valence-electron chi connectivity index (χ2n) is 4.81. The molecule has 0 saturated carbocycles. The Morgan fingerprint density at radius 3 is 2.56 bits per heavy atom. The Bertz CT molecular complexity index is 472. The van der Waals surface area contributed by atoms with Gasteiger partial charge in [-0.1, -0.05) is 0 Å². The average Bonchev–Trinajstić information content (AvgIpc) is 2.89. The summed E-state index contributed by atoms with van der Waals surface area (Å²) in [6.07, 6.45) is -3.56. The van der Waals surface area contributed by atoms with Crippen molar-refractivity contribution in [3.8, 4) is 0 Å². The van der Waals surface area contributed by atoms with Crippen LogP contribution in [-0.4, -0.2) is 25.2 Å². The molecule has 6 heteroatoms. The molecule has 2 aliphatic heterocycles. The minimum absolute atomic E-state index is 0.196. The molecule has 3 rings (SSSR count). The van der Waals surface area contributed by atoms with Crippen LogP contribution in [0, 0.1) is 5.82 Å². The highest BCUT2D eigenvalue weighted by molar-refractivity contribution is 5.52. The Morgan fingerprint density at radius 2 is 2.06 bits per heavy atom. The summed E-state index contributed by atoms with van der Waals surface area (Å²) in [5, 5.41) is 3.27. The molecule has 2 atom stereocenters. The van der Waals surface area contributed by atoms with Crippen molar-refractivity contribution in [1.82, 2.24) is 5.32 Å². The fraction of sp³-hybridized carbons (Fsp3) is 0.500. The van der Waals surface area contributed by atoms with Gasteiger partial charge < -0.3 is 10.2 Å². The van der Waals surface area contributed by atoms with Crippen LogP contribution >= 0.6 is 0 Å². The molecule has 1 aromatic carbocycles. The fourth-order valence-corrected chi connectivity index (χ4v) is 2.77. The molecule has 2 fully saturated rings. The van der Waals surface area contributed by atoms with E-state index in [1.165, 1.54) is 6.07 Å². The number of hydrogen-bond donors (Lipinski definition) is 1. The lowest BCUT2D eigenvalue weighted by Crippen LogP contribution is -2.44. The summed E-state index contributed by atoms with van der Waals surface area (Å²) in [6.45, 7) is 1.43. The number of hydrogen-bond acceptors (Lipinski definition) is 2. The Kier molecular flexibility index (Phi) is 2.52. The first-order valence-electron chi connectivity index (χ1n) is 5.82. The van der Waals surface area contributed by atoms with Gasteiger partial charge in [-0.15, -0.1) is 0 Å². The second kappa shape index (κ2) is 3.85. The quantitative estimate of drug-likeness (QED) is 0.780. The number of nitrogens with zero attached hydrogens (tertiary/aromatic N) is 1. The van der Waals surface area contributed by atoms with Gasteiger partial charge in [-0.3, -0.25) is 0 Å². The SMILES string of the molecule is Fc1cc(C(F)(F)F)ccc1N1C[C@@H]2C[C@H]1CN2.